The molecule has 0 saturated heterocycles. The van der Waals surface area contributed by atoms with Gasteiger partial charge in [0, 0.05) is 0 Å². The van der Waals surface area contributed by atoms with E-state index in [1.807, 2.05) is 0 Å². The minimum atomic E-state index is -0.699. The smallest absolute Gasteiger partial charge is 1.00 e. The Bertz CT molecular complexity index is 352. The molecule has 0 aromatic rings. The summed E-state index contributed by atoms with van der Waals surface area (Å²) < 4.78 is 4.31. The van der Waals surface area contributed by atoms with Crippen LogP contribution >= 0.6 is 0 Å². The summed E-state index contributed by atoms with van der Waals surface area (Å²) in [7, 11) is 0. The van der Waals surface area contributed by atoms with Crippen molar-refractivity contribution >= 4 is 30.0 Å². The Labute approximate surface area is 242 Å². The van der Waals surface area contributed by atoms with E-state index in [1.165, 1.54) is 122 Å². The van der Waals surface area contributed by atoms with Crippen molar-refractivity contribution in [3.8, 4) is 6.19 Å². The summed E-state index contributed by atoms with van der Waals surface area (Å²) in [4.78, 5) is 12.5. The number of carbonyl (C=O) groups is 1. The minimum Gasteiger partial charge on any atom is -1.00 e. The van der Waals surface area contributed by atoms with Crippen molar-refractivity contribution in [3.05, 3.63) is 19.3 Å². The fraction of sp³-hybridized carbons (Fsp3) is 0.821. The van der Waals surface area contributed by atoms with E-state index >= 15 is 0 Å². The molecule has 1 amide bonds. The van der Waals surface area contributed by atoms with Crippen LogP contribution in [0.15, 0.2) is 0 Å². The number of hydrogen-bond acceptors (Lipinski definition) is 4. The second-order valence-electron chi connectivity index (χ2n) is 8.36. The molecule has 3 aliphatic rings. The fourth-order valence-corrected chi connectivity index (χ4v) is 3.58. The molecule has 204 valence electrons. The third kappa shape index (κ3) is 38.5. The summed E-state index contributed by atoms with van der Waals surface area (Å²) >= 11 is 0. The van der Waals surface area contributed by atoms with Crippen molar-refractivity contribution < 1.29 is 21.9 Å². The minimum absolute atomic E-state index is 0. The molecule has 3 aliphatic carbocycles. The third-order valence-electron chi connectivity index (χ3n) is 5.72. The van der Waals surface area contributed by atoms with Gasteiger partial charge in [0.25, 0.3) is 0 Å². The predicted molar refractivity (Wildman–Crippen MR) is 147 cm³/mol. The number of nitrogens with one attached hydrogen (secondary N) is 1. The average Bonchev–Trinajstić information content (AvgIpc) is 2.90. The number of ether oxygens (including phenoxy) is 1. The van der Waals surface area contributed by atoms with Gasteiger partial charge in [-0.2, -0.15) is 43.8 Å². The summed E-state index contributed by atoms with van der Waals surface area (Å²) in [5.74, 6) is 0. The zero-order valence-electron chi connectivity index (χ0n) is 23.3. The first-order valence-electron chi connectivity index (χ1n) is 13.6. The second kappa shape index (κ2) is 38.3. The molecule has 0 unspecified atom stereocenters. The summed E-state index contributed by atoms with van der Waals surface area (Å²) in [6, 6.07) is 0. The van der Waals surface area contributed by atoms with Crippen molar-refractivity contribution in [2.75, 3.05) is 26.2 Å². The normalized spacial score (nSPS) is 16.0. The predicted octanol–water partition coefficient (Wildman–Crippen LogP) is 4.65. The number of nitrogens with zero attached hydrogens (tertiary/aromatic N) is 2. The number of amides is 1. The van der Waals surface area contributed by atoms with Gasteiger partial charge >= 0.3 is 30.0 Å². The van der Waals surface area contributed by atoms with E-state index in [4.69, 9.17) is 5.26 Å². The van der Waals surface area contributed by atoms with Crippen LogP contribution in [0.1, 0.15) is 124 Å². The first-order valence-corrected chi connectivity index (χ1v) is 13.6. The maximum Gasteiger partial charge on any atom is 4.00 e. The van der Waals surface area contributed by atoms with Crippen LogP contribution in [-0.4, -0.2) is 61.1 Å². The Balaban J connectivity index is -0.000000170. The maximum absolute atomic E-state index is 10.1. The Morgan fingerprint density at radius 1 is 0.743 bits per heavy atom. The number of nitriles is 1. The van der Waals surface area contributed by atoms with E-state index < -0.39 is 6.09 Å². The van der Waals surface area contributed by atoms with Crippen molar-refractivity contribution in [3.63, 3.8) is 0 Å². The molecule has 1 N–H and O–H groups in total. The number of rotatable bonds is 4. The van der Waals surface area contributed by atoms with Gasteiger partial charge in [0.05, 0.1) is 6.61 Å². The van der Waals surface area contributed by atoms with Gasteiger partial charge in [0.1, 0.15) is 0 Å². The van der Waals surface area contributed by atoms with Gasteiger partial charge in [-0.05, 0) is 26.6 Å². The van der Waals surface area contributed by atoms with Gasteiger partial charge in [-0.3, -0.25) is 0 Å². The van der Waals surface area contributed by atoms with E-state index in [-0.39, 0.29) is 42.9 Å². The number of hydrogen-bond donors (Lipinski definition) is 1. The quantitative estimate of drug-likeness (QED) is 0.216. The molecule has 5 nitrogen and oxygen atoms in total. The van der Waals surface area contributed by atoms with Gasteiger partial charge in [-0.1, -0.05) is 78.6 Å². The van der Waals surface area contributed by atoms with Crippen LogP contribution in [-0.2, 0) is 4.74 Å². The van der Waals surface area contributed by atoms with Gasteiger partial charge < -0.3 is 41.3 Å². The molecule has 3 rings (SSSR count). The van der Waals surface area contributed by atoms with E-state index in [2.05, 4.69) is 49.7 Å². The van der Waals surface area contributed by atoms with Crippen LogP contribution in [0.5, 0.6) is 0 Å². The maximum atomic E-state index is 10.1. The standard InChI is InChI=1S/C6H15N.3C6H11.C4H6N2O2.ClH.Sn/c1-4-7(5-2)6-3;3*1-2-4-6-5-3-1;1-2-8-4(7)6-3-5;;/h4-6H2,1-3H3;3*1H,2-6H2;2H2,1H3,(H,6,7);1H;/q;3*-1;;;+4/p-1. The largest absolute Gasteiger partial charge is 4.00 e. The monoisotopic (exact) mass is 619 g/mol. The Hall–Kier alpha value is -0.191. The molecule has 0 radical (unpaired) electrons. The van der Waals surface area contributed by atoms with Crippen LogP contribution in [0.2, 0.25) is 0 Å². The van der Waals surface area contributed by atoms with Crippen molar-refractivity contribution in [2.24, 2.45) is 0 Å². The number of alkyl carbamates (subject to hydrolysis) is 1. The first kappa shape index (κ1) is 41.9. The van der Waals surface area contributed by atoms with Crippen molar-refractivity contribution in [1.82, 2.24) is 10.2 Å². The van der Waals surface area contributed by atoms with E-state index in [1.54, 1.807) is 12.2 Å². The van der Waals surface area contributed by atoms with E-state index in [9.17, 15) is 4.79 Å². The number of carbonyl (C=O) groups excluding carboxylic acids is 1. The molecule has 0 spiro atoms. The van der Waals surface area contributed by atoms with Crippen LogP contribution in [0, 0.1) is 30.7 Å². The Morgan fingerprint density at radius 3 is 1.17 bits per heavy atom. The zero-order chi connectivity index (χ0) is 24.8. The van der Waals surface area contributed by atoms with Crippen LogP contribution < -0.4 is 17.7 Å². The van der Waals surface area contributed by atoms with E-state index in [0.717, 1.165) is 0 Å². The Morgan fingerprint density at radius 2 is 1.06 bits per heavy atom. The molecule has 35 heavy (non-hydrogen) atoms. The third-order valence-corrected chi connectivity index (χ3v) is 5.72. The summed E-state index contributed by atoms with van der Waals surface area (Å²) in [6.07, 6.45) is 29.2. The van der Waals surface area contributed by atoms with Gasteiger partial charge in [0.15, 0.2) is 6.19 Å². The van der Waals surface area contributed by atoms with Gasteiger partial charge in [-0.15, -0.1) is 0 Å². The molecule has 0 heterocycles. The summed E-state index contributed by atoms with van der Waals surface area (Å²) in [6.45, 7) is 12.1. The molecule has 7 heteroatoms. The van der Waals surface area contributed by atoms with E-state index in [0.29, 0.717) is 0 Å². The second-order valence-corrected chi connectivity index (χ2v) is 8.36. The molecule has 3 fully saturated rings. The van der Waals surface area contributed by atoms with Crippen LogP contribution in [0.4, 0.5) is 4.79 Å². The molecule has 3 saturated carbocycles. The van der Waals surface area contributed by atoms with Gasteiger partial charge in [0.2, 0.25) is 0 Å². The van der Waals surface area contributed by atoms with Crippen LogP contribution in [0.3, 0.4) is 0 Å². The number of halogens is 1. The van der Waals surface area contributed by atoms with Gasteiger partial charge in [-0.25, -0.2) is 10.1 Å². The first-order chi connectivity index (χ1) is 16.2. The molecule has 0 atom stereocenters. The summed E-state index contributed by atoms with van der Waals surface area (Å²) in [5, 5.41) is 9.59. The van der Waals surface area contributed by atoms with Crippen molar-refractivity contribution in [2.45, 2.75) is 124 Å². The topological polar surface area (TPSA) is 65.4 Å². The molecule has 0 aromatic heterocycles. The molecule has 0 aromatic carbocycles. The average molecular weight is 619 g/mol. The Kier molecular flexibility index (Phi) is 45.9. The summed E-state index contributed by atoms with van der Waals surface area (Å²) in [5.41, 5.74) is 0. The molecular weight excluding hydrogens is 564 g/mol. The molecule has 0 bridgehead atoms. The fourth-order valence-electron chi connectivity index (χ4n) is 3.58. The van der Waals surface area contributed by atoms with Crippen molar-refractivity contribution in [1.29, 1.82) is 5.26 Å². The zero-order valence-corrected chi connectivity index (χ0v) is 26.9. The van der Waals surface area contributed by atoms with Crippen LogP contribution in [0.25, 0.3) is 0 Å². The molecule has 0 aliphatic heterocycles. The SMILES string of the molecule is CCN(CC)CC.CCOC(=O)NC#N.[CH-]1CCCCC1.[CH-]1CCCCC1.[CH-]1CCCCC1.[Cl-].[Sn+4]. The molecular formula is C28H54ClN3O2Sn.